The first-order valence-electron chi connectivity index (χ1n) is 10.4. The van der Waals surface area contributed by atoms with E-state index in [0.717, 1.165) is 22.4 Å². The molecule has 0 aromatic heterocycles. The molecule has 1 aliphatic heterocycles. The predicted octanol–water partition coefficient (Wildman–Crippen LogP) is 2.74. The molecule has 0 radical (unpaired) electrons. The van der Waals surface area contributed by atoms with Crippen LogP contribution >= 0.6 is 0 Å². The zero-order valence-electron chi connectivity index (χ0n) is 19.1. The van der Waals surface area contributed by atoms with Crippen molar-refractivity contribution in [2.24, 2.45) is 5.92 Å². The number of benzene rings is 2. The van der Waals surface area contributed by atoms with Crippen LogP contribution in [-0.4, -0.2) is 45.0 Å². The maximum atomic E-state index is 12.7. The van der Waals surface area contributed by atoms with Gasteiger partial charge in [-0.1, -0.05) is 17.7 Å². The lowest BCUT2D eigenvalue weighted by Gasteiger charge is -2.20. The summed E-state index contributed by atoms with van der Waals surface area (Å²) in [6, 6.07) is 9.15. The molecule has 3 amide bonds. The van der Waals surface area contributed by atoms with Crippen molar-refractivity contribution in [1.82, 2.24) is 5.32 Å². The average Bonchev–Trinajstić information content (AvgIpc) is 3.15. The van der Waals surface area contributed by atoms with E-state index < -0.39 is 5.92 Å². The summed E-state index contributed by atoms with van der Waals surface area (Å²) in [7, 11) is 3.06. The van der Waals surface area contributed by atoms with Crippen molar-refractivity contribution >= 4 is 29.1 Å². The molecule has 2 aromatic carbocycles. The van der Waals surface area contributed by atoms with Gasteiger partial charge in [0.2, 0.25) is 17.7 Å². The Morgan fingerprint density at radius 2 is 1.75 bits per heavy atom. The first-order chi connectivity index (χ1) is 15.2. The monoisotopic (exact) mass is 439 g/mol. The van der Waals surface area contributed by atoms with Crippen molar-refractivity contribution in [2.45, 2.75) is 27.2 Å². The Balaban J connectivity index is 1.61. The molecule has 0 bridgehead atoms. The third kappa shape index (κ3) is 5.01. The molecule has 32 heavy (non-hydrogen) atoms. The van der Waals surface area contributed by atoms with E-state index in [2.05, 4.69) is 10.6 Å². The number of carbonyl (C=O) groups excluding carboxylic acids is 3. The Kier molecular flexibility index (Phi) is 7.02. The van der Waals surface area contributed by atoms with Crippen molar-refractivity contribution in [2.75, 3.05) is 37.5 Å². The molecular formula is C24H29N3O5. The SMILES string of the molecule is COc1ccc(OC)c(N2CC(C(=O)NCC(=O)Nc3c(C)cc(C)cc3C)CC2=O)c1. The molecule has 1 aliphatic rings. The van der Waals surface area contributed by atoms with Crippen molar-refractivity contribution in [3.63, 3.8) is 0 Å². The minimum absolute atomic E-state index is 0.0595. The fourth-order valence-electron chi connectivity index (χ4n) is 4.00. The van der Waals surface area contributed by atoms with E-state index in [1.54, 1.807) is 18.2 Å². The van der Waals surface area contributed by atoms with Crippen LogP contribution in [0.1, 0.15) is 23.1 Å². The number of carbonyl (C=O) groups is 3. The number of amides is 3. The summed E-state index contributed by atoms with van der Waals surface area (Å²) in [5.41, 5.74) is 4.35. The molecule has 2 N–H and O–H groups in total. The van der Waals surface area contributed by atoms with Crippen LogP contribution in [0, 0.1) is 26.7 Å². The minimum atomic E-state index is -0.561. The zero-order valence-corrected chi connectivity index (χ0v) is 19.1. The molecule has 1 unspecified atom stereocenters. The molecule has 8 heteroatoms. The summed E-state index contributed by atoms with van der Waals surface area (Å²) < 4.78 is 10.6. The molecule has 170 valence electrons. The van der Waals surface area contributed by atoms with Crippen LogP contribution in [-0.2, 0) is 14.4 Å². The van der Waals surface area contributed by atoms with Crippen molar-refractivity contribution < 1.29 is 23.9 Å². The van der Waals surface area contributed by atoms with Crippen molar-refractivity contribution in [1.29, 1.82) is 0 Å². The zero-order chi connectivity index (χ0) is 23.4. The number of methoxy groups -OCH3 is 2. The van der Waals surface area contributed by atoms with Gasteiger partial charge in [0, 0.05) is 24.7 Å². The average molecular weight is 440 g/mol. The van der Waals surface area contributed by atoms with E-state index in [1.165, 1.54) is 19.1 Å². The number of anilines is 2. The highest BCUT2D eigenvalue weighted by atomic mass is 16.5. The summed E-state index contributed by atoms with van der Waals surface area (Å²) in [5, 5.41) is 5.51. The molecule has 0 saturated carbocycles. The Bertz CT molecular complexity index is 1030. The summed E-state index contributed by atoms with van der Waals surface area (Å²) in [5.74, 6) is -0.302. The molecule has 0 aliphatic carbocycles. The van der Waals surface area contributed by atoms with Gasteiger partial charge in [-0.2, -0.15) is 0 Å². The quantitative estimate of drug-likeness (QED) is 0.692. The fraction of sp³-hybridized carbons (Fsp3) is 0.375. The first kappa shape index (κ1) is 23.1. The third-order valence-electron chi connectivity index (χ3n) is 5.54. The second kappa shape index (κ2) is 9.72. The Labute approximate surface area is 187 Å². The van der Waals surface area contributed by atoms with E-state index in [9.17, 15) is 14.4 Å². The number of hydrogen-bond donors (Lipinski definition) is 2. The van der Waals surface area contributed by atoms with Gasteiger partial charge in [-0.05, 0) is 44.0 Å². The van der Waals surface area contributed by atoms with Crippen LogP contribution < -0.4 is 25.0 Å². The van der Waals surface area contributed by atoms with Crippen LogP contribution in [0.4, 0.5) is 11.4 Å². The first-order valence-corrected chi connectivity index (χ1v) is 10.4. The fourth-order valence-corrected chi connectivity index (χ4v) is 4.00. The van der Waals surface area contributed by atoms with Crippen molar-refractivity contribution in [3.05, 3.63) is 47.0 Å². The molecule has 8 nitrogen and oxygen atoms in total. The van der Waals surface area contributed by atoms with Gasteiger partial charge in [-0.3, -0.25) is 14.4 Å². The minimum Gasteiger partial charge on any atom is -0.497 e. The number of rotatable bonds is 7. The normalized spacial score (nSPS) is 15.5. The summed E-state index contributed by atoms with van der Waals surface area (Å²) in [6.07, 6.45) is 0.0595. The smallest absolute Gasteiger partial charge is 0.243 e. The molecule has 1 fully saturated rings. The third-order valence-corrected chi connectivity index (χ3v) is 5.54. The van der Waals surface area contributed by atoms with Gasteiger partial charge in [0.15, 0.2) is 0 Å². The van der Waals surface area contributed by atoms with E-state index in [0.29, 0.717) is 17.2 Å². The lowest BCUT2D eigenvalue weighted by Crippen LogP contribution is -2.38. The van der Waals surface area contributed by atoms with Crippen LogP contribution in [0.15, 0.2) is 30.3 Å². The highest BCUT2D eigenvalue weighted by molar-refractivity contribution is 6.02. The van der Waals surface area contributed by atoms with Gasteiger partial charge in [-0.25, -0.2) is 0 Å². The number of hydrogen-bond acceptors (Lipinski definition) is 5. The molecule has 1 heterocycles. The Morgan fingerprint density at radius 1 is 1.06 bits per heavy atom. The molecule has 3 rings (SSSR count). The summed E-state index contributed by atoms with van der Waals surface area (Å²) >= 11 is 0. The van der Waals surface area contributed by atoms with E-state index in [-0.39, 0.29) is 37.2 Å². The van der Waals surface area contributed by atoms with E-state index in [1.807, 2.05) is 32.9 Å². The Morgan fingerprint density at radius 3 is 2.38 bits per heavy atom. The van der Waals surface area contributed by atoms with Crippen molar-refractivity contribution in [3.8, 4) is 11.5 Å². The molecule has 2 aromatic rings. The van der Waals surface area contributed by atoms with Gasteiger partial charge < -0.3 is 25.0 Å². The second-order valence-corrected chi connectivity index (χ2v) is 7.98. The van der Waals surface area contributed by atoms with E-state index in [4.69, 9.17) is 9.47 Å². The predicted molar refractivity (Wildman–Crippen MR) is 122 cm³/mol. The highest BCUT2D eigenvalue weighted by Gasteiger charge is 2.36. The summed E-state index contributed by atoms with van der Waals surface area (Å²) in [4.78, 5) is 39.2. The molecule has 1 saturated heterocycles. The standard InChI is InChI=1S/C24H29N3O5/c1-14-8-15(2)23(16(3)9-14)26-21(28)12-25-24(30)17-10-22(29)27(13-17)19-11-18(31-4)6-7-20(19)32-5/h6-9,11,17H,10,12-13H2,1-5H3,(H,25,30)(H,26,28). The van der Waals surface area contributed by atoms with Crippen LogP contribution in [0.3, 0.4) is 0 Å². The molecular weight excluding hydrogens is 410 g/mol. The Hall–Kier alpha value is -3.55. The van der Waals surface area contributed by atoms with Gasteiger partial charge >= 0.3 is 0 Å². The van der Waals surface area contributed by atoms with Gasteiger partial charge in [0.05, 0.1) is 32.4 Å². The maximum Gasteiger partial charge on any atom is 0.243 e. The highest BCUT2D eigenvalue weighted by Crippen LogP contribution is 2.36. The number of nitrogens with zero attached hydrogens (tertiary/aromatic N) is 1. The van der Waals surface area contributed by atoms with Gasteiger partial charge in [0.25, 0.3) is 0 Å². The number of nitrogens with one attached hydrogen (secondary N) is 2. The molecule has 1 atom stereocenters. The number of ether oxygens (including phenoxy) is 2. The lowest BCUT2D eigenvalue weighted by atomic mass is 10.1. The largest absolute Gasteiger partial charge is 0.497 e. The number of aryl methyl sites for hydroxylation is 3. The lowest BCUT2D eigenvalue weighted by molar-refractivity contribution is -0.127. The van der Waals surface area contributed by atoms with Gasteiger partial charge in [0.1, 0.15) is 11.5 Å². The molecule has 0 spiro atoms. The van der Waals surface area contributed by atoms with E-state index >= 15 is 0 Å². The maximum absolute atomic E-state index is 12.7. The van der Waals surface area contributed by atoms with Gasteiger partial charge in [-0.15, -0.1) is 0 Å². The van der Waals surface area contributed by atoms with Crippen LogP contribution in [0.25, 0.3) is 0 Å². The van der Waals surface area contributed by atoms with Crippen LogP contribution in [0.5, 0.6) is 11.5 Å². The topological polar surface area (TPSA) is 97.0 Å². The van der Waals surface area contributed by atoms with Crippen LogP contribution in [0.2, 0.25) is 0 Å². The second-order valence-electron chi connectivity index (χ2n) is 7.98. The summed E-state index contributed by atoms with van der Waals surface area (Å²) in [6.45, 7) is 5.89.